The number of rotatable bonds is 12. The largest absolute Gasteiger partial charge is 0.489 e. The molecule has 5 rings (SSSR count). The summed E-state index contributed by atoms with van der Waals surface area (Å²) in [6, 6.07) is 24.0. The number of halogens is 1. The number of thioether (sulfide) groups is 1. The number of amides is 1. The zero-order valence-corrected chi connectivity index (χ0v) is 24.6. The molecule has 0 unspecified atom stereocenters. The first-order valence-corrected chi connectivity index (χ1v) is 15.1. The van der Waals surface area contributed by atoms with Crippen LogP contribution in [0.5, 0.6) is 5.75 Å². The molecule has 0 N–H and O–H groups in total. The minimum absolute atomic E-state index is 0.0594. The number of hydrogen-bond donors (Lipinski definition) is 0. The summed E-state index contributed by atoms with van der Waals surface area (Å²) < 4.78 is 22.4. The molecule has 0 saturated carbocycles. The Morgan fingerprint density at radius 3 is 2.56 bits per heavy atom. The van der Waals surface area contributed by atoms with Gasteiger partial charge in [0.05, 0.1) is 10.6 Å². The fourth-order valence-electron chi connectivity index (χ4n) is 4.65. The maximum Gasteiger partial charge on any atom is 0.266 e. The first-order valence-electron chi connectivity index (χ1n) is 13.9. The molecule has 1 aromatic heterocycles. The fraction of sp³-hybridized carbons (Fsp3) is 0.242. The van der Waals surface area contributed by atoms with E-state index in [0.717, 1.165) is 29.7 Å². The summed E-state index contributed by atoms with van der Waals surface area (Å²) in [5.41, 5.74) is 3.71. The highest BCUT2D eigenvalue weighted by Crippen LogP contribution is 2.35. The Kier molecular flexibility index (Phi) is 9.64. The molecular weight excluding hydrogens is 554 g/mol. The van der Waals surface area contributed by atoms with Gasteiger partial charge in [0.2, 0.25) is 0 Å². The number of aromatic nitrogens is 2. The van der Waals surface area contributed by atoms with Crippen LogP contribution < -0.4 is 4.74 Å². The van der Waals surface area contributed by atoms with Crippen LogP contribution in [0.1, 0.15) is 50.2 Å². The van der Waals surface area contributed by atoms with Gasteiger partial charge < -0.3 is 4.74 Å². The van der Waals surface area contributed by atoms with E-state index in [2.05, 4.69) is 6.92 Å². The molecule has 0 radical (unpaired) electrons. The molecule has 0 spiro atoms. The summed E-state index contributed by atoms with van der Waals surface area (Å²) in [5, 5.41) is 4.90. The molecule has 3 aromatic carbocycles. The van der Waals surface area contributed by atoms with Crippen molar-refractivity contribution in [2.75, 3.05) is 6.54 Å². The van der Waals surface area contributed by atoms with Crippen LogP contribution in [0.25, 0.3) is 23.0 Å². The van der Waals surface area contributed by atoms with Gasteiger partial charge in [0.25, 0.3) is 5.91 Å². The lowest BCUT2D eigenvalue weighted by molar-refractivity contribution is -0.122. The number of carbonyl (C=O) groups is 1. The lowest BCUT2D eigenvalue weighted by atomic mass is 10.1. The van der Waals surface area contributed by atoms with Gasteiger partial charge in [-0.25, -0.2) is 9.07 Å². The Labute approximate surface area is 250 Å². The third-order valence-electron chi connectivity index (χ3n) is 6.87. The minimum Gasteiger partial charge on any atom is -0.489 e. The van der Waals surface area contributed by atoms with E-state index < -0.39 is 0 Å². The molecule has 1 fully saturated rings. The van der Waals surface area contributed by atoms with Crippen molar-refractivity contribution >= 4 is 40.3 Å². The number of benzene rings is 3. The van der Waals surface area contributed by atoms with Gasteiger partial charge in [-0.2, -0.15) is 5.10 Å². The third kappa shape index (κ3) is 7.13. The Bertz CT molecular complexity index is 1550. The van der Waals surface area contributed by atoms with Crippen molar-refractivity contribution in [2.45, 2.75) is 45.6 Å². The molecule has 41 heavy (non-hydrogen) atoms. The zero-order valence-electron chi connectivity index (χ0n) is 23.0. The second-order valence-corrected chi connectivity index (χ2v) is 11.5. The lowest BCUT2D eigenvalue weighted by Crippen LogP contribution is -2.29. The average molecular weight is 586 g/mol. The molecular formula is C33H32FN3O2S2. The van der Waals surface area contributed by atoms with E-state index in [0.29, 0.717) is 32.8 Å². The third-order valence-corrected chi connectivity index (χ3v) is 8.25. The van der Waals surface area contributed by atoms with Crippen LogP contribution in [0.3, 0.4) is 0 Å². The van der Waals surface area contributed by atoms with Gasteiger partial charge in [0.15, 0.2) is 0 Å². The van der Waals surface area contributed by atoms with E-state index in [1.54, 1.807) is 23.1 Å². The molecule has 1 amide bonds. The molecule has 0 aliphatic carbocycles. The summed E-state index contributed by atoms with van der Waals surface area (Å²) >= 11 is 6.91. The average Bonchev–Trinajstić information content (AvgIpc) is 3.53. The van der Waals surface area contributed by atoms with Gasteiger partial charge in [-0.1, -0.05) is 105 Å². The van der Waals surface area contributed by atoms with Gasteiger partial charge in [0.1, 0.15) is 28.2 Å². The first kappa shape index (κ1) is 28.8. The summed E-state index contributed by atoms with van der Waals surface area (Å²) in [6.45, 7) is 2.95. The Hall–Kier alpha value is -3.75. The van der Waals surface area contributed by atoms with Crippen LogP contribution in [0.2, 0.25) is 0 Å². The van der Waals surface area contributed by atoms with Crippen molar-refractivity contribution < 1.29 is 13.9 Å². The predicted molar refractivity (Wildman–Crippen MR) is 168 cm³/mol. The number of para-hydroxylation sites is 1. The normalized spacial score (nSPS) is 14.3. The predicted octanol–water partition coefficient (Wildman–Crippen LogP) is 8.43. The Balaban J connectivity index is 1.42. The van der Waals surface area contributed by atoms with Crippen molar-refractivity contribution in [3.63, 3.8) is 0 Å². The number of thiocarbonyl (C=S) groups is 1. The minimum atomic E-state index is -0.300. The summed E-state index contributed by atoms with van der Waals surface area (Å²) in [7, 11) is 0. The van der Waals surface area contributed by atoms with Crippen LogP contribution in [-0.2, 0) is 11.4 Å². The van der Waals surface area contributed by atoms with E-state index in [-0.39, 0.29) is 18.3 Å². The number of hydrogen-bond acceptors (Lipinski definition) is 5. The van der Waals surface area contributed by atoms with Crippen LogP contribution in [-0.4, -0.2) is 31.5 Å². The maximum atomic E-state index is 14.1. The quantitative estimate of drug-likeness (QED) is 0.0949. The molecule has 4 aromatic rings. The van der Waals surface area contributed by atoms with Gasteiger partial charge in [-0.15, -0.1) is 0 Å². The highest BCUT2D eigenvalue weighted by atomic mass is 32.2. The van der Waals surface area contributed by atoms with Crippen LogP contribution in [0, 0.1) is 5.82 Å². The second kappa shape index (κ2) is 13.7. The Morgan fingerprint density at radius 2 is 1.76 bits per heavy atom. The smallest absolute Gasteiger partial charge is 0.266 e. The van der Waals surface area contributed by atoms with Gasteiger partial charge in [-0.3, -0.25) is 9.69 Å². The van der Waals surface area contributed by atoms with Crippen molar-refractivity contribution in [3.05, 3.63) is 107 Å². The Morgan fingerprint density at radius 1 is 0.976 bits per heavy atom. The SMILES string of the molecule is CCCCCCCN1C(=O)/C(=C/c2cn(-c3ccccc3)nc2-c2cccc(OCc3ccccc3F)c2)SC1=S. The standard InChI is InChI=1S/C33H32FN3O2S2/c1-2-3-4-5-11-19-36-32(38)30(41-33(36)40)21-26-22-37(27-15-7-6-8-16-27)35-31(26)24-14-12-17-28(20-24)39-23-25-13-9-10-18-29(25)34/h6-10,12-18,20-22H,2-5,11,19,23H2,1H3/b30-21-. The van der Waals surface area contributed by atoms with Crippen LogP contribution in [0.15, 0.2) is 90.0 Å². The van der Waals surface area contributed by atoms with Crippen molar-refractivity contribution in [3.8, 4) is 22.7 Å². The molecule has 8 heteroatoms. The monoisotopic (exact) mass is 585 g/mol. The van der Waals surface area contributed by atoms with Gasteiger partial charge in [-0.05, 0) is 42.8 Å². The molecule has 210 valence electrons. The van der Waals surface area contributed by atoms with Crippen molar-refractivity contribution in [1.82, 2.24) is 14.7 Å². The maximum absolute atomic E-state index is 14.1. The van der Waals surface area contributed by atoms with Gasteiger partial charge in [0, 0.05) is 29.4 Å². The molecule has 1 aliphatic rings. The highest BCUT2D eigenvalue weighted by Gasteiger charge is 2.32. The number of unbranched alkanes of at least 4 members (excludes halogenated alkanes) is 4. The summed E-state index contributed by atoms with van der Waals surface area (Å²) in [6.07, 6.45) is 9.40. The van der Waals surface area contributed by atoms with Crippen molar-refractivity contribution in [2.24, 2.45) is 0 Å². The number of carbonyl (C=O) groups excluding carboxylic acids is 1. The molecule has 0 bridgehead atoms. The van der Waals surface area contributed by atoms with E-state index in [1.807, 2.05) is 71.6 Å². The molecule has 0 atom stereocenters. The first-order chi connectivity index (χ1) is 20.0. The van der Waals surface area contributed by atoms with Crippen LogP contribution >= 0.6 is 24.0 Å². The molecule has 2 heterocycles. The summed E-state index contributed by atoms with van der Waals surface area (Å²) in [5.74, 6) is 0.238. The van der Waals surface area contributed by atoms with E-state index in [1.165, 1.54) is 37.1 Å². The molecule has 1 saturated heterocycles. The van der Waals surface area contributed by atoms with E-state index >= 15 is 0 Å². The fourth-order valence-corrected chi connectivity index (χ4v) is 5.95. The zero-order chi connectivity index (χ0) is 28.6. The molecule has 5 nitrogen and oxygen atoms in total. The van der Waals surface area contributed by atoms with Gasteiger partial charge >= 0.3 is 0 Å². The number of nitrogens with zero attached hydrogens (tertiary/aromatic N) is 3. The van der Waals surface area contributed by atoms with E-state index in [4.69, 9.17) is 22.1 Å². The van der Waals surface area contributed by atoms with Crippen molar-refractivity contribution in [1.29, 1.82) is 0 Å². The number of ether oxygens (including phenoxy) is 1. The topological polar surface area (TPSA) is 47.4 Å². The van der Waals surface area contributed by atoms with Crippen LogP contribution in [0.4, 0.5) is 4.39 Å². The molecule has 1 aliphatic heterocycles. The highest BCUT2D eigenvalue weighted by molar-refractivity contribution is 8.26. The summed E-state index contributed by atoms with van der Waals surface area (Å²) in [4.78, 5) is 15.6. The van der Waals surface area contributed by atoms with E-state index in [9.17, 15) is 9.18 Å². The second-order valence-electron chi connectivity index (χ2n) is 9.87. The lowest BCUT2D eigenvalue weighted by Gasteiger charge is -2.13.